The first-order chi connectivity index (χ1) is 6.66. The minimum absolute atomic E-state index is 1.04. The fourth-order valence-corrected chi connectivity index (χ4v) is 1.58. The molecule has 0 saturated heterocycles. The molecule has 0 aromatic carbocycles. The summed E-state index contributed by atoms with van der Waals surface area (Å²) >= 11 is 0. The normalized spacial score (nSPS) is 10.9. The van der Waals surface area contributed by atoms with Crippen LogP contribution >= 0.6 is 0 Å². The number of nitrogens with zero attached hydrogens (tertiary/aromatic N) is 1. The van der Waals surface area contributed by atoms with Gasteiger partial charge in [-0.1, -0.05) is 25.0 Å². The van der Waals surface area contributed by atoms with Gasteiger partial charge < -0.3 is 10.2 Å². The molecule has 0 unspecified atom stereocenters. The van der Waals surface area contributed by atoms with Gasteiger partial charge in [-0.05, 0) is 47.0 Å². The molecule has 0 amide bonds. The average Bonchev–Trinajstić information content (AvgIpc) is 2.10. The first kappa shape index (κ1) is 13.7. The van der Waals surface area contributed by atoms with Crippen molar-refractivity contribution in [2.45, 2.75) is 32.6 Å². The van der Waals surface area contributed by atoms with Crippen molar-refractivity contribution in [3.05, 3.63) is 12.2 Å². The lowest BCUT2D eigenvalue weighted by molar-refractivity contribution is 0.349. The van der Waals surface area contributed by atoms with E-state index in [2.05, 4.69) is 30.8 Å². The van der Waals surface area contributed by atoms with Crippen molar-refractivity contribution in [1.82, 2.24) is 10.2 Å². The summed E-state index contributed by atoms with van der Waals surface area (Å²) in [5.41, 5.74) is 1.25. The second-order valence-electron chi connectivity index (χ2n) is 4.21. The molecule has 14 heavy (non-hydrogen) atoms. The van der Waals surface area contributed by atoms with Crippen LogP contribution in [0.25, 0.3) is 0 Å². The SMILES string of the molecule is C=C(C)CN(C)CCCCCCNC. The number of nitrogens with one attached hydrogen (secondary N) is 1. The number of hydrogen-bond donors (Lipinski definition) is 1. The second kappa shape index (κ2) is 9.22. The van der Waals surface area contributed by atoms with Gasteiger partial charge in [0, 0.05) is 6.54 Å². The zero-order valence-corrected chi connectivity index (χ0v) is 10.1. The van der Waals surface area contributed by atoms with E-state index in [9.17, 15) is 0 Å². The lowest BCUT2D eigenvalue weighted by Gasteiger charge is -2.16. The molecule has 0 radical (unpaired) electrons. The van der Waals surface area contributed by atoms with E-state index in [1.807, 2.05) is 7.05 Å². The zero-order valence-electron chi connectivity index (χ0n) is 10.1. The second-order valence-corrected chi connectivity index (χ2v) is 4.21. The van der Waals surface area contributed by atoms with E-state index in [1.54, 1.807) is 0 Å². The van der Waals surface area contributed by atoms with E-state index < -0.39 is 0 Å². The van der Waals surface area contributed by atoms with Crippen LogP contribution in [0.5, 0.6) is 0 Å². The summed E-state index contributed by atoms with van der Waals surface area (Å²) in [6.45, 7) is 9.39. The fourth-order valence-electron chi connectivity index (χ4n) is 1.58. The highest BCUT2D eigenvalue weighted by atomic mass is 15.1. The van der Waals surface area contributed by atoms with Gasteiger partial charge in [0.15, 0.2) is 0 Å². The molecule has 0 atom stereocenters. The summed E-state index contributed by atoms with van der Waals surface area (Å²) in [5, 5.41) is 3.17. The molecular weight excluding hydrogens is 172 g/mol. The summed E-state index contributed by atoms with van der Waals surface area (Å²) in [6.07, 6.45) is 5.32. The largest absolute Gasteiger partial charge is 0.320 e. The third kappa shape index (κ3) is 9.75. The molecule has 0 spiro atoms. The van der Waals surface area contributed by atoms with Crippen molar-refractivity contribution in [1.29, 1.82) is 0 Å². The summed E-state index contributed by atoms with van der Waals surface area (Å²) in [5.74, 6) is 0. The van der Waals surface area contributed by atoms with E-state index >= 15 is 0 Å². The van der Waals surface area contributed by atoms with Gasteiger partial charge in [0.2, 0.25) is 0 Å². The number of unbranched alkanes of at least 4 members (excludes halogenated alkanes) is 3. The predicted molar refractivity (Wildman–Crippen MR) is 64.7 cm³/mol. The molecule has 0 aromatic rings. The van der Waals surface area contributed by atoms with Crippen LogP contribution < -0.4 is 5.32 Å². The summed E-state index contributed by atoms with van der Waals surface area (Å²) in [6, 6.07) is 0. The standard InChI is InChI=1S/C12H26N2/c1-12(2)11-14(4)10-8-6-5-7-9-13-3/h13H,1,5-11H2,2-4H3. The third-order valence-corrected chi connectivity index (χ3v) is 2.26. The quantitative estimate of drug-likeness (QED) is 0.452. The molecule has 0 aliphatic carbocycles. The Hall–Kier alpha value is -0.340. The fraction of sp³-hybridized carbons (Fsp3) is 0.833. The smallest absolute Gasteiger partial charge is 0.0184 e. The monoisotopic (exact) mass is 198 g/mol. The molecule has 0 aliphatic heterocycles. The Morgan fingerprint density at radius 3 is 2.43 bits per heavy atom. The minimum Gasteiger partial charge on any atom is -0.320 e. The van der Waals surface area contributed by atoms with Crippen LogP contribution in [-0.2, 0) is 0 Å². The van der Waals surface area contributed by atoms with Crippen LogP contribution in [0.1, 0.15) is 32.6 Å². The molecule has 84 valence electrons. The first-order valence-electron chi connectivity index (χ1n) is 5.64. The molecule has 0 fully saturated rings. The lowest BCUT2D eigenvalue weighted by atomic mass is 10.2. The van der Waals surface area contributed by atoms with Crippen LogP contribution in [0, 0.1) is 0 Å². The van der Waals surface area contributed by atoms with Crippen LogP contribution in [0.2, 0.25) is 0 Å². The van der Waals surface area contributed by atoms with Gasteiger partial charge in [-0.15, -0.1) is 0 Å². The minimum atomic E-state index is 1.04. The maximum absolute atomic E-state index is 3.91. The maximum Gasteiger partial charge on any atom is 0.0184 e. The lowest BCUT2D eigenvalue weighted by Crippen LogP contribution is -2.21. The Labute approximate surface area is 89.4 Å². The molecule has 0 aliphatic rings. The van der Waals surface area contributed by atoms with Crippen LogP contribution in [0.15, 0.2) is 12.2 Å². The van der Waals surface area contributed by atoms with E-state index in [0.717, 1.165) is 13.1 Å². The molecule has 0 rings (SSSR count). The Morgan fingerprint density at radius 1 is 1.21 bits per heavy atom. The molecule has 0 saturated carbocycles. The van der Waals surface area contributed by atoms with Gasteiger partial charge in [-0.2, -0.15) is 0 Å². The highest BCUT2D eigenvalue weighted by Gasteiger charge is 1.97. The van der Waals surface area contributed by atoms with Crippen LogP contribution in [0.4, 0.5) is 0 Å². The molecule has 2 nitrogen and oxygen atoms in total. The van der Waals surface area contributed by atoms with Crippen molar-refractivity contribution in [2.24, 2.45) is 0 Å². The van der Waals surface area contributed by atoms with Gasteiger partial charge in [-0.3, -0.25) is 0 Å². The van der Waals surface area contributed by atoms with E-state index in [-0.39, 0.29) is 0 Å². The number of likely N-dealkylation sites (N-methyl/N-ethyl adjacent to an activating group) is 1. The Bertz CT molecular complexity index is 143. The van der Waals surface area contributed by atoms with Gasteiger partial charge in [0.05, 0.1) is 0 Å². The van der Waals surface area contributed by atoms with Crippen molar-refractivity contribution < 1.29 is 0 Å². The van der Waals surface area contributed by atoms with Crippen LogP contribution in [-0.4, -0.2) is 38.6 Å². The summed E-state index contributed by atoms with van der Waals surface area (Å²) < 4.78 is 0. The molecular formula is C12H26N2. The van der Waals surface area contributed by atoms with E-state index in [0.29, 0.717) is 0 Å². The first-order valence-corrected chi connectivity index (χ1v) is 5.64. The number of hydrogen-bond acceptors (Lipinski definition) is 2. The zero-order chi connectivity index (χ0) is 10.8. The molecule has 0 aromatic heterocycles. The van der Waals surface area contributed by atoms with Gasteiger partial charge in [0.25, 0.3) is 0 Å². The van der Waals surface area contributed by atoms with Gasteiger partial charge in [-0.25, -0.2) is 0 Å². The highest BCUT2D eigenvalue weighted by molar-refractivity contribution is 4.90. The van der Waals surface area contributed by atoms with E-state index in [1.165, 1.54) is 37.8 Å². The van der Waals surface area contributed by atoms with Crippen molar-refractivity contribution >= 4 is 0 Å². The Balaban J connectivity index is 3.14. The Kier molecular flexibility index (Phi) is 9.00. The summed E-state index contributed by atoms with van der Waals surface area (Å²) in [4.78, 5) is 2.35. The van der Waals surface area contributed by atoms with Crippen molar-refractivity contribution in [3.63, 3.8) is 0 Å². The number of rotatable bonds is 9. The highest BCUT2D eigenvalue weighted by Crippen LogP contribution is 2.01. The van der Waals surface area contributed by atoms with Gasteiger partial charge in [0.1, 0.15) is 0 Å². The maximum atomic E-state index is 3.91. The molecule has 0 heterocycles. The van der Waals surface area contributed by atoms with Crippen LogP contribution in [0.3, 0.4) is 0 Å². The average molecular weight is 198 g/mol. The van der Waals surface area contributed by atoms with Crippen molar-refractivity contribution in [2.75, 3.05) is 33.7 Å². The topological polar surface area (TPSA) is 15.3 Å². The third-order valence-electron chi connectivity index (χ3n) is 2.26. The molecule has 0 bridgehead atoms. The predicted octanol–water partition coefficient (Wildman–Crippen LogP) is 2.27. The molecule has 1 N–H and O–H groups in total. The van der Waals surface area contributed by atoms with Crippen molar-refractivity contribution in [3.8, 4) is 0 Å². The Morgan fingerprint density at radius 2 is 1.86 bits per heavy atom. The van der Waals surface area contributed by atoms with Gasteiger partial charge >= 0.3 is 0 Å². The summed E-state index contributed by atoms with van der Waals surface area (Å²) in [7, 11) is 4.18. The van der Waals surface area contributed by atoms with E-state index in [4.69, 9.17) is 0 Å². The molecule has 2 heteroatoms.